The van der Waals surface area contributed by atoms with Crippen molar-refractivity contribution in [2.24, 2.45) is 0 Å². The first kappa shape index (κ1) is 18.6. The largest absolute Gasteiger partial charge is 0.733 e. The van der Waals surface area contributed by atoms with Crippen molar-refractivity contribution in [1.82, 2.24) is 15.0 Å². The van der Waals surface area contributed by atoms with Crippen molar-refractivity contribution in [2.45, 2.75) is 32.0 Å². The number of aliphatic hydroxyl groups excluding tert-OH is 1. The monoisotopic (exact) mass is 381 g/mol. The fraction of sp³-hybridized carbons (Fsp3) is 0.300. The van der Waals surface area contributed by atoms with Gasteiger partial charge in [-0.2, -0.15) is 4.98 Å². The van der Waals surface area contributed by atoms with Crippen LogP contribution in [-0.4, -0.2) is 38.0 Å². The molecule has 0 bridgehead atoms. The number of β-amino-alcohol motifs (C(OH)–C–C–N with tert-alkyl or cyclic N) is 1. The highest BCUT2D eigenvalue weighted by Gasteiger charge is 2.35. The highest BCUT2D eigenvalue weighted by molar-refractivity contribution is 5.55. The maximum Gasteiger partial charge on any atom is 0.244 e. The zero-order valence-corrected chi connectivity index (χ0v) is 15.4. The van der Waals surface area contributed by atoms with Gasteiger partial charge in [0.05, 0.1) is 17.8 Å². The highest BCUT2D eigenvalue weighted by atomic mass is 16.8. The molecule has 28 heavy (non-hydrogen) atoms. The topological polar surface area (TPSA) is 109 Å². The molecule has 1 aliphatic heterocycles. The van der Waals surface area contributed by atoms with Crippen molar-refractivity contribution in [3.63, 3.8) is 0 Å². The molecule has 1 fully saturated rings. The quantitative estimate of drug-likeness (QED) is 0.649. The van der Waals surface area contributed by atoms with Gasteiger partial charge >= 0.3 is 0 Å². The van der Waals surface area contributed by atoms with Crippen molar-refractivity contribution < 1.29 is 14.8 Å². The molecule has 0 saturated carbocycles. The summed E-state index contributed by atoms with van der Waals surface area (Å²) in [5.41, 5.74) is 3.12. The lowest BCUT2D eigenvalue weighted by Gasteiger charge is -2.23. The Balaban J connectivity index is 1.53. The molecular formula is C20H21N4O4-. The molecule has 2 heterocycles. The third-order valence-electron chi connectivity index (χ3n) is 4.93. The molecule has 2 unspecified atom stereocenters. The van der Waals surface area contributed by atoms with E-state index in [2.05, 4.69) is 15.0 Å². The fourth-order valence-electron chi connectivity index (χ4n) is 3.55. The Morgan fingerprint density at radius 3 is 2.75 bits per heavy atom. The normalized spacial score (nSPS) is 19.9. The van der Waals surface area contributed by atoms with Crippen LogP contribution in [0.1, 0.15) is 29.5 Å². The average Bonchev–Trinajstić information content (AvgIpc) is 3.29. The van der Waals surface area contributed by atoms with E-state index < -0.39 is 6.10 Å². The van der Waals surface area contributed by atoms with Crippen LogP contribution in [0.3, 0.4) is 0 Å². The van der Waals surface area contributed by atoms with Crippen molar-refractivity contribution in [3.8, 4) is 11.4 Å². The Hall–Kier alpha value is -2.78. The van der Waals surface area contributed by atoms with Crippen LogP contribution in [-0.2, 0) is 6.54 Å². The van der Waals surface area contributed by atoms with Gasteiger partial charge in [-0.25, -0.2) is 0 Å². The highest BCUT2D eigenvalue weighted by Crippen LogP contribution is 2.33. The number of aromatic nitrogens is 2. The minimum absolute atomic E-state index is 0.168. The standard InChI is InChI=1S/C20H21N4O4/c1-13-3-2-4-15(9-13)19-21-20(28-22-19)18-10-17(25)12-23(18)11-14-5-7-16(8-6-14)24(26)27/h2-9,17-18,25-26H,10-12H2,1H3/q-1. The van der Waals surface area contributed by atoms with Crippen molar-refractivity contribution in [3.05, 3.63) is 70.8 Å². The van der Waals surface area contributed by atoms with Crippen LogP contribution in [0.2, 0.25) is 0 Å². The molecule has 0 aliphatic carbocycles. The Morgan fingerprint density at radius 1 is 1.25 bits per heavy atom. The third-order valence-corrected chi connectivity index (χ3v) is 4.93. The molecular weight excluding hydrogens is 360 g/mol. The van der Waals surface area contributed by atoms with E-state index in [4.69, 9.17) is 9.73 Å². The summed E-state index contributed by atoms with van der Waals surface area (Å²) in [6, 6.07) is 14.3. The van der Waals surface area contributed by atoms with E-state index in [1.54, 1.807) is 24.3 Å². The molecule has 1 aliphatic rings. The summed E-state index contributed by atoms with van der Waals surface area (Å²) in [6.07, 6.45) is 0.0339. The summed E-state index contributed by atoms with van der Waals surface area (Å²) in [6.45, 7) is 3.05. The smallest absolute Gasteiger partial charge is 0.244 e. The Bertz CT molecular complexity index is 941. The van der Waals surface area contributed by atoms with E-state index in [1.807, 2.05) is 31.2 Å². The van der Waals surface area contributed by atoms with Gasteiger partial charge in [0, 0.05) is 18.7 Å². The number of rotatable bonds is 5. The van der Waals surface area contributed by atoms with Crippen molar-refractivity contribution in [1.29, 1.82) is 0 Å². The summed E-state index contributed by atoms with van der Waals surface area (Å²) in [7, 11) is 0. The maximum absolute atomic E-state index is 10.9. The number of anilines is 1. The number of aryl methyl sites for hydroxylation is 1. The van der Waals surface area contributed by atoms with Gasteiger partial charge in [0.2, 0.25) is 11.7 Å². The molecule has 0 radical (unpaired) electrons. The summed E-state index contributed by atoms with van der Waals surface area (Å²) in [4.78, 5) is 6.63. The average molecular weight is 381 g/mol. The Morgan fingerprint density at radius 2 is 2.04 bits per heavy atom. The van der Waals surface area contributed by atoms with Gasteiger partial charge in [-0.3, -0.25) is 10.1 Å². The van der Waals surface area contributed by atoms with Crippen LogP contribution in [0.5, 0.6) is 0 Å². The SMILES string of the molecule is Cc1cccc(-c2noc(C3CC(O)CN3Cc3ccc(N([O-])O)cc3)n2)c1. The van der Waals surface area contributed by atoms with Crippen LogP contribution in [0.15, 0.2) is 53.1 Å². The molecule has 2 aromatic carbocycles. The molecule has 146 valence electrons. The minimum Gasteiger partial charge on any atom is -0.733 e. The summed E-state index contributed by atoms with van der Waals surface area (Å²) < 4.78 is 5.51. The van der Waals surface area contributed by atoms with Gasteiger partial charge in [0.1, 0.15) is 0 Å². The van der Waals surface area contributed by atoms with Gasteiger partial charge < -0.3 is 20.1 Å². The Kier molecular flexibility index (Phi) is 5.10. The molecule has 0 spiro atoms. The number of hydrogen-bond acceptors (Lipinski definition) is 8. The molecule has 2 N–H and O–H groups in total. The Labute approximate surface area is 162 Å². The van der Waals surface area contributed by atoms with Gasteiger partial charge in [0.25, 0.3) is 0 Å². The first-order chi connectivity index (χ1) is 13.5. The van der Waals surface area contributed by atoms with Crippen molar-refractivity contribution in [2.75, 3.05) is 11.8 Å². The van der Waals surface area contributed by atoms with E-state index >= 15 is 0 Å². The predicted octanol–water partition coefficient (Wildman–Crippen LogP) is 3.05. The number of hydrogen-bond donors (Lipinski definition) is 2. The van der Waals surface area contributed by atoms with Crippen molar-refractivity contribution >= 4 is 5.69 Å². The first-order valence-electron chi connectivity index (χ1n) is 9.07. The van der Waals surface area contributed by atoms with E-state index in [-0.39, 0.29) is 17.0 Å². The van der Waals surface area contributed by atoms with Gasteiger partial charge in [-0.05, 0) is 37.1 Å². The zero-order valence-electron chi connectivity index (χ0n) is 15.4. The number of benzene rings is 2. The molecule has 2 atom stereocenters. The fourth-order valence-corrected chi connectivity index (χ4v) is 3.55. The number of nitrogens with zero attached hydrogens (tertiary/aromatic N) is 4. The molecule has 4 rings (SSSR count). The molecule has 1 aromatic heterocycles. The van der Waals surface area contributed by atoms with E-state index in [9.17, 15) is 10.3 Å². The first-order valence-corrected chi connectivity index (χ1v) is 9.07. The second-order valence-electron chi connectivity index (χ2n) is 7.10. The molecule has 1 saturated heterocycles. The van der Waals surface area contributed by atoms with Gasteiger partial charge in [-0.1, -0.05) is 41.1 Å². The summed E-state index contributed by atoms with van der Waals surface area (Å²) in [5, 5.41) is 34.0. The van der Waals surface area contributed by atoms with Crippen LogP contribution < -0.4 is 5.23 Å². The van der Waals surface area contributed by atoms with Crippen LogP contribution in [0.4, 0.5) is 5.69 Å². The molecule has 0 amide bonds. The van der Waals surface area contributed by atoms with Crippen LogP contribution >= 0.6 is 0 Å². The summed E-state index contributed by atoms with van der Waals surface area (Å²) in [5.74, 6) is 1.01. The zero-order chi connectivity index (χ0) is 19.7. The number of likely N-dealkylation sites (tertiary alicyclic amines) is 1. The van der Waals surface area contributed by atoms with Crippen LogP contribution in [0.25, 0.3) is 11.4 Å². The molecule has 8 nitrogen and oxygen atoms in total. The van der Waals surface area contributed by atoms with Gasteiger partial charge in [-0.15, -0.1) is 0 Å². The lowest BCUT2D eigenvalue weighted by atomic mass is 10.1. The van der Waals surface area contributed by atoms with Gasteiger partial charge in [0.15, 0.2) is 0 Å². The van der Waals surface area contributed by atoms with E-state index in [1.165, 1.54) is 0 Å². The van der Waals surface area contributed by atoms with E-state index in [0.717, 1.165) is 16.7 Å². The molecule has 8 heteroatoms. The van der Waals surface area contributed by atoms with E-state index in [0.29, 0.717) is 31.2 Å². The predicted molar refractivity (Wildman–Crippen MR) is 102 cm³/mol. The third kappa shape index (κ3) is 3.90. The second kappa shape index (κ2) is 7.69. The molecule has 3 aromatic rings. The van der Waals surface area contributed by atoms with Crippen LogP contribution in [0, 0.1) is 12.1 Å². The lowest BCUT2D eigenvalue weighted by Crippen LogP contribution is -2.24. The summed E-state index contributed by atoms with van der Waals surface area (Å²) >= 11 is 0. The lowest BCUT2D eigenvalue weighted by molar-refractivity contribution is 0.169. The second-order valence-corrected chi connectivity index (χ2v) is 7.10. The minimum atomic E-state index is -0.479. The maximum atomic E-state index is 10.9. The number of aliphatic hydroxyl groups is 1.